The lowest BCUT2D eigenvalue weighted by Gasteiger charge is -2.12. The number of carbonyl (C=O) groups excluding carboxylic acids is 2. The molecule has 0 atom stereocenters. The number of fused-ring (bicyclic) bond motifs is 1. The highest BCUT2D eigenvalue weighted by Crippen LogP contribution is 2.29. The molecule has 5 heteroatoms. The molecule has 0 aliphatic carbocycles. The first-order valence-corrected chi connectivity index (χ1v) is 8.04. The fraction of sp³-hybridized carbons (Fsp3) is 0.143. The van der Waals surface area contributed by atoms with Crippen LogP contribution in [-0.4, -0.2) is 32.6 Å². The maximum atomic E-state index is 12.4. The minimum Gasteiger partial charge on any atom is -0.496 e. The molecule has 0 amide bonds. The van der Waals surface area contributed by atoms with E-state index >= 15 is 0 Å². The van der Waals surface area contributed by atoms with Crippen LogP contribution in [0.25, 0.3) is 10.8 Å². The summed E-state index contributed by atoms with van der Waals surface area (Å²) in [6.07, 6.45) is 0. The molecule has 0 aliphatic rings. The molecule has 0 N–H and O–H groups in total. The van der Waals surface area contributed by atoms with Crippen molar-refractivity contribution >= 4 is 22.5 Å². The van der Waals surface area contributed by atoms with Gasteiger partial charge >= 0.3 is 5.97 Å². The Hall–Kier alpha value is -3.34. The number of hydrogen-bond donors (Lipinski definition) is 0. The van der Waals surface area contributed by atoms with Crippen molar-refractivity contribution in [2.75, 3.05) is 20.8 Å². The highest BCUT2D eigenvalue weighted by molar-refractivity contribution is 6.03. The van der Waals surface area contributed by atoms with Crippen molar-refractivity contribution in [1.82, 2.24) is 0 Å². The second-order valence-corrected chi connectivity index (χ2v) is 5.60. The van der Waals surface area contributed by atoms with Crippen LogP contribution in [0.15, 0.2) is 60.7 Å². The largest absolute Gasteiger partial charge is 0.496 e. The van der Waals surface area contributed by atoms with Crippen LogP contribution in [0.3, 0.4) is 0 Å². The minimum absolute atomic E-state index is 0.156. The van der Waals surface area contributed by atoms with E-state index in [9.17, 15) is 9.59 Å². The Labute approximate surface area is 151 Å². The number of rotatable bonds is 6. The molecule has 0 radical (unpaired) electrons. The van der Waals surface area contributed by atoms with Gasteiger partial charge in [0, 0.05) is 5.56 Å². The van der Waals surface area contributed by atoms with Crippen LogP contribution >= 0.6 is 0 Å². The summed E-state index contributed by atoms with van der Waals surface area (Å²) < 4.78 is 15.6. The SMILES string of the molecule is COc1cccc(OC)c1C(=O)OCC(=O)c1ccc2ccccc2c1. The summed E-state index contributed by atoms with van der Waals surface area (Å²) in [7, 11) is 2.90. The van der Waals surface area contributed by atoms with E-state index in [4.69, 9.17) is 14.2 Å². The van der Waals surface area contributed by atoms with Crippen LogP contribution in [0.4, 0.5) is 0 Å². The summed E-state index contributed by atoms with van der Waals surface area (Å²) in [6.45, 7) is -0.363. The second-order valence-electron chi connectivity index (χ2n) is 5.60. The van der Waals surface area contributed by atoms with Crippen LogP contribution in [0, 0.1) is 0 Å². The van der Waals surface area contributed by atoms with Crippen LogP contribution < -0.4 is 9.47 Å². The molecule has 0 saturated carbocycles. The van der Waals surface area contributed by atoms with Crippen molar-refractivity contribution in [3.05, 3.63) is 71.8 Å². The molecule has 3 aromatic rings. The molecule has 132 valence electrons. The summed E-state index contributed by atoms with van der Waals surface area (Å²) in [6, 6.07) is 18.1. The summed E-state index contributed by atoms with van der Waals surface area (Å²) in [5, 5.41) is 2.00. The molecular formula is C21H18O5. The quantitative estimate of drug-likeness (QED) is 0.498. The van der Waals surface area contributed by atoms with Gasteiger partial charge in [-0.2, -0.15) is 0 Å². The Balaban J connectivity index is 1.76. The van der Waals surface area contributed by atoms with Crippen LogP contribution in [0.2, 0.25) is 0 Å². The zero-order valence-electron chi connectivity index (χ0n) is 14.5. The summed E-state index contributed by atoms with van der Waals surface area (Å²) in [5.41, 5.74) is 0.646. The van der Waals surface area contributed by atoms with Crippen molar-refractivity contribution in [1.29, 1.82) is 0 Å². The molecule has 0 saturated heterocycles. The highest BCUT2D eigenvalue weighted by Gasteiger charge is 2.21. The van der Waals surface area contributed by atoms with Gasteiger partial charge in [-0.25, -0.2) is 4.79 Å². The zero-order valence-corrected chi connectivity index (χ0v) is 14.5. The fourth-order valence-electron chi connectivity index (χ4n) is 2.70. The molecule has 0 aliphatic heterocycles. The van der Waals surface area contributed by atoms with Crippen molar-refractivity contribution in [3.63, 3.8) is 0 Å². The second kappa shape index (κ2) is 7.70. The molecule has 3 rings (SSSR count). The van der Waals surface area contributed by atoms with Crippen molar-refractivity contribution in [2.24, 2.45) is 0 Å². The smallest absolute Gasteiger partial charge is 0.346 e. The van der Waals surface area contributed by atoms with Gasteiger partial charge in [0.05, 0.1) is 14.2 Å². The van der Waals surface area contributed by atoms with Crippen LogP contribution in [0.5, 0.6) is 11.5 Å². The summed E-state index contributed by atoms with van der Waals surface area (Å²) in [4.78, 5) is 24.8. The number of methoxy groups -OCH3 is 2. The number of ketones is 1. The van der Waals surface area contributed by atoms with E-state index in [1.807, 2.05) is 30.3 Å². The first-order chi connectivity index (χ1) is 12.6. The van der Waals surface area contributed by atoms with E-state index in [-0.39, 0.29) is 18.0 Å². The molecule has 26 heavy (non-hydrogen) atoms. The van der Waals surface area contributed by atoms with Crippen LogP contribution in [0.1, 0.15) is 20.7 Å². The minimum atomic E-state index is -0.673. The monoisotopic (exact) mass is 350 g/mol. The lowest BCUT2D eigenvalue weighted by atomic mass is 10.0. The van der Waals surface area contributed by atoms with Gasteiger partial charge in [-0.3, -0.25) is 4.79 Å². The zero-order chi connectivity index (χ0) is 18.5. The van der Waals surface area contributed by atoms with Crippen molar-refractivity contribution in [3.8, 4) is 11.5 Å². The molecule has 0 spiro atoms. The van der Waals surface area contributed by atoms with Gasteiger partial charge in [0.25, 0.3) is 0 Å². The number of ether oxygens (including phenoxy) is 3. The summed E-state index contributed by atoms with van der Waals surface area (Å²) in [5.74, 6) is -0.300. The standard InChI is InChI=1S/C21H18O5/c1-24-18-8-5-9-19(25-2)20(18)21(23)26-13-17(22)16-11-10-14-6-3-4-7-15(14)12-16/h3-12H,13H2,1-2H3. The maximum absolute atomic E-state index is 12.4. The predicted octanol–water partition coefficient (Wildman–Crippen LogP) is 3.90. The molecule has 0 unspecified atom stereocenters. The lowest BCUT2D eigenvalue weighted by Crippen LogP contribution is -2.15. The van der Waals surface area contributed by atoms with Crippen molar-refractivity contribution in [2.45, 2.75) is 0 Å². The number of hydrogen-bond acceptors (Lipinski definition) is 5. The topological polar surface area (TPSA) is 61.8 Å². The Bertz CT molecular complexity index is 939. The van der Waals surface area contributed by atoms with Gasteiger partial charge in [0.2, 0.25) is 0 Å². The van der Waals surface area contributed by atoms with Gasteiger partial charge in [0.1, 0.15) is 17.1 Å². The summed E-state index contributed by atoms with van der Waals surface area (Å²) >= 11 is 0. The van der Waals surface area contributed by atoms with E-state index in [0.29, 0.717) is 17.1 Å². The van der Waals surface area contributed by atoms with E-state index < -0.39 is 5.97 Å². The van der Waals surface area contributed by atoms with E-state index in [1.54, 1.807) is 30.3 Å². The third kappa shape index (κ3) is 3.52. The van der Waals surface area contributed by atoms with Gasteiger partial charge in [-0.1, -0.05) is 42.5 Å². The Morgan fingerprint density at radius 2 is 1.46 bits per heavy atom. The molecule has 0 bridgehead atoms. The van der Waals surface area contributed by atoms with Gasteiger partial charge in [0.15, 0.2) is 12.4 Å². The molecular weight excluding hydrogens is 332 g/mol. The Morgan fingerprint density at radius 1 is 0.808 bits per heavy atom. The predicted molar refractivity (Wildman–Crippen MR) is 98.1 cm³/mol. The van der Waals surface area contributed by atoms with E-state index in [1.165, 1.54) is 14.2 Å². The van der Waals surface area contributed by atoms with Crippen molar-refractivity contribution < 1.29 is 23.8 Å². The van der Waals surface area contributed by atoms with E-state index in [2.05, 4.69) is 0 Å². The Kier molecular flexibility index (Phi) is 5.17. The lowest BCUT2D eigenvalue weighted by molar-refractivity contribution is 0.0468. The first-order valence-electron chi connectivity index (χ1n) is 8.04. The van der Waals surface area contributed by atoms with Gasteiger partial charge < -0.3 is 14.2 Å². The molecule has 5 nitrogen and oxygen atoms in total. The Morgan fingerprint density at radius 3 is 2.12 bits per heavy atom. The number of esters is 1. The third-order valence-electron chi connectivity index (χ3n) is 4.04. The molecule has 0 heterocycles. The maximum Gasteiger partial charge on any atom is 0.346 e. The number of benzene rings is 3. The molecule has 0 aromatic heterocycles. The number of Topliss-reactive ketones (excluding diaryl/α,β-unsaturated/α-hetero) is 1. The average molecular weight is 350 g/mol. The molecule has 0 fully saturated rings. The fourth-order valence-corrected chi connectivity index (χ4v) is 2.70. The molecule has 3 aromatic carbocycles. The van der Waals surface area contributed by atoms with Gasteiger partial charge in [-0.15, -0.1) is 0 Å². The highest BCUT2D eigenvalue weighted by atomic mass is 16.5. The van der Waals surface area contributed by atoms with E-state index in [0.717, 1.165) is 10.8 Å². The first kappa shape index (κ1) is 17.5. The average Bonchev–Trinajstić information content (AvgIpc) is 2.70. The van der Waals surface area contributed by atoms with Gasteiger partial charge in [-0.05, 0) is 29.0 Å². The third-order valence-corrected chi connectivity index (χ3v) is 4.04. The number of carbonyl (C=O) groups is 2. The normalized spacial score (nSPS) is 10.4. The van der Waals surface area contributed by atoms with Crippen LogP contribution in [-0.2, 0) is 4.74 Å².